The van der Waals surface area contributed by atoms with Crippen LogP contribution in [0.5, 0.6) is 0 Å². The highest BCUT2D eigenvalue weighted by atomic mass is 16.5. The number of carbonyl (C=O) groups is 2. The molecule has 1 aliphatic rings. The topological polar surface area (TPSA) is 80.0 Å². The van der Waals surface area contributed by atoms with Crippen LogP contribution in [0.25, 0.3) is 0 Å². The van der Waals surface area contributed by atoms with Gasteiger partial charge in [-0.3, -0.25) is 4.79 Å². The van der Waals surface area contributed by atoms with E-state index in [2.05, 4.69) is 12.1 Å². The maximum Gasteiger partial charge on any atom is 0.338 e. The van der Waals surface area contributed by atoms with Gasteiger partial charge in [-0.15, -0.1) is 0 Å². The SMILES string of the molecule is O=C(O)c1coc(C(=O)N2CCOC(CCc3ccccc3)C2)c1. The zero-order valence-corrected chi connectivity index (χ0v) is 13.2. The van der Waals surface area contributed by atoms with E-state index in [1.165, 1.54) is 11.6 Å². The van der Waals surface area contributed by atoms with Crippen molar-refractivity contribution in [2.75, 3.05) is 19.7 Å². The summed E-state index contributed by atoms with van der Waals surface area (Å²) in [5.74, 6) is -1.35. The average molecular weight is 329 g/mol. The molecule has 1 unspecified atom stereocenters. The van der Waals surface area contributed by atoms with Crippen LogP contribution in [0.3, 0.4) is 0 Å². The van der Waals surface area contributed by atoms with Crippen molar-refractivity contribution in [1.29, 1.82) is 0 Å². The lowest BCUT2D eigenvalue weighted by atomic mass is 10.1. The number of carbonyl (C=O) groups excluding carboxylic acids is 1. The minimum absolute atomic E-state index is 0.0211. The van der Waals surface area contributed by atoms with Crippen LogP contribution in [0, 0.1) is 0 Å². The monoisotopic (exact) mass is 329 g/mol. The van der Waals surface area contributed by atoms with Gasteiger partial charge in [0.05, 0.1) is 18.3 Å². The Bertz CT molecular complexity index is 709. The zero-order valence-electron chi connectivity index (χ0n) is 13.2. The zero-order chi connectivity index (χ0) is 16.9. The summed E-state index contributed by atoms with van der Waals surface area (Å²) in [6.45, 7) is 1.43. The third kappa shape index (κ3) is 3.83. The smallest absolute Gasteiger partial charge is 0.338 e. The second kappa shape index (κ2) is 7.31. The van der Waals surface area contributed by atoms with Gasteiger partial charge in [0.25, 0.3) is 5.91 Å². The number of hydrogen-bond acceptors (Lipinski definition) is 4. The largest absolute Gasteiger partial charge is 0.478 e. The van der Waals surface area contributed by atoms with Crippen LogP contribution in [0.4, 0.5) is 0 Å². The van der Waals surface area contributed by atoms with Gasteiger partial charge in [-0.2, -0.15) is 0 Å². The minimum Gasteiger partial charge on any atom is -0.478 e. The van der Waals surface area contributed by atoms with Gasteiger partial charge < -0.3 is 19.2 Å². The van der Waals surface area contributed by atoms with E-state index < -0.39 is 5.97 Å². The summed E-state index contributed by atoms with van der Waals surface area (Å²) in [5.41, 5.74) is 1.22. The molecular formula is C18H19NO5. The fraction of sp³-hybridized carbons (Fsp3) is 0.333. The summed E-state index contributed by atoms with van der Waals surface area (Å²) in [6.07, 6.45) is 2.77. The first-order valence-electron chi connectivity index (χ1n) is 7.90. The predicted molar refractivity (Wildman–Crippen MR) is 86.1 cm³/mol. The van der Waals surface area contributed by atoms with Crippen molar-refractivity contribution in [3.05, 3.63) is 59.5 Å². The summed E-state index contributed by atoms with van der Waals surface area (Å²) < 4.78 is 10.8. The van der Waals surface area contributed by atoms with Crippen molar-refractivity contribution >= 4 is 11.9 Å². The highest BCUT2D eigenvalue weighted by molar-refractivity contribution is 5.95. The Morgan fingerprint density at radius 2 is 2.04 bits per heavy atom. The Labute approximate surface area is 139 Å². The Kier molecular flexibility index (Phi) is 4.96. The number of amides is 1. The van der Waals surface area contributed by atoms with E-state index >= 15 is 0 Å². The van der Waals surface area contributed by atoms with E-state index in [1.807, 2.05) is 18.2 Å². The van der Waals surface area contributed by atoms with E-state index in [4.69, 9.17) is 14.3 Å². The van der Waals surface area contributed by atoms with Crippen molar-refractivity contribution < 1.29 is 23.8 Å². The van der Waals surface area contributed by atoms with Crippen LogP contribution < -0.4 is 0 Å². The van der Waals surface area contributed by atoms with Crippen LogP contribution in [0.15, 0.2) is 47.1 Å². The first-order chi connectivity index (χ1) is 11.6. The third-order valence-electron chi connectivity index (χ3n) is 4.08. The third-order valence-corrected chi connectivity index (χ3v) is 4.08. The van der Waals surface area contributed by atoms with E-state index in [1.54, 1.807) is 4.90 Å². The molecule has 6 nitrogen and oxygen atoms in total. The summed E-state index contributed by atoms with van der Waals surface area (Å²) >= 11 is 0. The van der Waals surface area contributed by atoms with E-state index in [0.717, 1.165) is 19.1 Å². The standard InChI is InChI=1S/C18H19NO5/c20-17(16-10-14(12-24-16)18(21)22)19-8-9-23-15(11-19)7-6-13-4-2-1-3-5-13/h1-5,10,12,15H,6-9,11H2,(H,21,22). The second-order valence-electron chi connectivity index (χ2n) is 5.77. The Balaban J connectivity index is 1.58. The highest BCUT2D eigenvalue weighted by Crippen LogP contribution is 2.16. The minimum atomic E-state index is -1.11. The average Bonchev–Trinajstić information content (AvgIpc) is 3.11. The molecule has 1 aromatic carbocycles. The molecule has 0 bridgehead atoms. The van der Waals surface area contributed by atoms with E-state index in [-0.39, 0.29) is 23.3 Å². The molecule has 0 aliphatic carbocycles. The molecule has 1 aliphatic heterocycles. The Morgan fingerprint density at radius 3 is 2.75 bits per heavy atom. The molecule has 2 heterocycles. The number of nitrogens with zero attached hydrogens (tertiary/aromatic N) is 1. The predicted octanol–water partition coefficient (Wildman–Crippen LogP) is 2.45. The molecule has 2 aromatic rings. The fourth-order valence-electron chi connectivity index (χ4n) is 2.77. The number of carboxylic acids is 1. The second-order valence-corrected chi connectivity index (χ2v) is 5.77. The number of rotatable bonds is 5. The maximum absolute atomic E-state index is 12.4. The number of ether oxygens (including phenoxy) is 1. The number of benzene rings is 1. The van der Waals surface area contributed by atoms with Crippen LogP contribution >= 0.6 is 0 Å². The molecule has 24 heavy (non-hydrogen) atoms. The van der Waals surface area contributed by atoms with Gasteiger partial charge in [0.1, 0.15) is 6.26 Å². The Hall–Kier alpha value is -2.60. The molecule has 0 saturated carbocycles. The molecule has 1 saturated heterocycles. The van der Waals surface area contributed by atoms with Crippen molar-refractivity contribution in [1.82, 2.24) is 4.90 Å². The van der Waals surface area contributed by atoms with Crippen LogP contribution in [0.1, 0.15) is 32.9 Å². The molecule has 1 amide bonds. The lowest BCUT2D eigenvalue weighted by molar-refractivity contribution is -0.0255. The van der Waals surface area contributed by atoms with E-state index in [9.17, 15) is 9.59 Å². The highest BCUT2D eigenvalue weighted by Gasteiger charge is 2.27. The molecule has 0 radical (unpaired) electrons. The molecule has 1 aromatic heterocycles. The van der Waals surface area contributed by atoms with Crippen LogP contribution in [0.2, 0.25) is 0 Å². The molecule has 1 atom stereocenters. The van der Waals surface area contributed by atoms with Crippen molar-refractivity contribution in [2.24, 2.45) is 0 Å². The van der Waals surface area contributed by atoms with Gasteiger partial charge >= 0.3 is 5.97 Å². The summed E-state index contributed by atoms with van der Waals surface area (Å²) in [7, 11) is 0. The number of aromatic carboxylic acids is 1. The summed E-state index contributed by atoms with van der Waals surface area (Å²) in [6, 6.07) is 11.4. The fourth-order valence-corrected chi connectivity index (χ4v) is 2.77. The lowest BCUT2D eigenvalue weighted by Gasteiger charge is -2.32. The van der Waals surface area contributed by atoms with Gasteiger partial charge in [0.2, 0.25) is 0 Å². The maximum atomic E-state index is 12.4. The summed E-state index contributed by atoms with van der Waals surface area (Å²) in [4.78, 5) is 25.0. The number of hydrogen-bond donors (Lipinski definition) is 1. The first kappa shape index (κ1) is 16.3. The van der Waals surface area contributed by atoms with Gasteiger partial charge in [-0.05, 0) is 18.4 Å². The van der Waals surface area contributed by atoms with Gasteiger partial charge in [0.15, 0.2) is 5.76 Å². The number of furan rings is 1. The Morgan fingerprint density at radius 1 is 1.25 bits per heavy atom. The molecular weight excluding hydrogens is 310 g/mol. The van der Waals surface area contributed by atoms with Crippen molar-refractivity contribution in [3.8, 4) is 0 Å². The summed E-state index contributed by atoms with van der Waals surface area (Å²) in [5, 5.41) is 8.91. The molecule has 126 valence electrons. The molecule has 0 spiro atoms. The van der Waals surface area contributed by atoms with Gasteiger partial charge in [-0.1, -0.05) is 30.3 Å². The molecule has 1 N–H and O–H groups in total. The quantitative estimate of drug-likeness (QED) is 0.911. The molecule has 3 rings (SSSR count). The molecule has 1 fully saturated rings. The van der Waals surface area contributed by atoms with Crippen molar-refractivity contribution in [2.45, 2.75) is 18.9 Å². The molecule has 6 heteroatoms. The van der Waals surface area contributed by atoms with Gasteiger partial charge in [-0.25, -0.2) is 4.79 Å². The van der Waals surface area contributed by atoms with Crippen LogP contribution in [-0.4, -0.2) is 47.7 Å². The number of aryl methyl sites for hydroxylation is 1. The lowest BCUT2D eigenvalue weighted by Crippen LogP contribution is -2.45. The first-order valence-corrected chi connectivity index (χ1v) is 7.90. The van der Waals surface area contributed by atoms with Gasteiger partial charge in [0, 0.05) is 19.2 Å². The normalized spacial score (nSPS) is 17.7. The van der Waals surface area contributed by atoms with E-state index in [0.29, 0.717) is 19.7 Å². The van der Waals surface area contributed by atoms with Crippen molar-refractivity contribution in [3.63, 3.8) is 0 Å². The number of morpholine rings is 1. The number of carboxylic acid groups (broad SMARTS) is 1. The van der Waals surface area contributed by atoms with Crippen LogP contribution in [-0.2, 0) is 11.2 Å².